The van der Waals surface area contributed by atoms with Crippen LogP contribution in [-0.2, 0) is 4.79 Å². The zero-order valence-corrected chi connectivity index (χ0v) is 12.0. The first-order chi connectivity index (χ1) is 9.83. The van der Waals surface area contributed by atoms with Gasteiger partial charge in [-0.3, -0.25) is 9.89 Å². The van der Waals surface area contributed by atoms with E-state index in [-0.39, 0.29) is 11.2 Å². The van der Waals surface area contributed by atoms with E-state index in [2.05, 4.69) is 15.5 Å². The van der Waals surface area contributed by atoms with E-state index in [0.29, 0.717) is 0 Å². The number of H-pyrrole nitrogens is 1. The Morgan fingerprint density at radius 3 is 3.05 bits per heavy atom. The molecule has 1 unspecified atom stereocenters. The quantitative estimate of drug-likeness (QED) is 0.910. The third kappa shape index (κ3) is 3.04. The van der Waals surface area contributed by atoms with Crippen LogP contribution < -0.4 is 5.32 Å². The van der Waals surface area contributed by atoms with Gasteiger partial charge in [0.15, 0.2) is 0 Å². The summed E-state index contributed by atoms with van der Waals surface area (Å²) in [5.41, 5.74) is 2.82. The molecular weight excluding hydrogens is 270 g/mol. The van der Waals surface area contributed by atoms with Gasteiger partial charge in [-0.25, -0.2) is 0 Å². The van der Waals surface area contributed by atoms with E-state index >= 15 is 0 Å². The van der Waals surface area contributed by atoms with Crippen molar-refractivity contribution in [1.29, 1.82) is 0 Å². The predicted octanol–water partition coefficient (Wildman–Crippen LogP) is 3.30. The van der Waals surface area contributed by atoms with Crippen LogP contribution in [0, 0.1) is 0 Å². The van der Waals surface area contributed by atoms with E-state index in [1.165, 1.54) is 6.42 Å². The molecule has 1 atom stereocenters. The highest BCUT2D eigenvalue weighted by atomic mass is 32.2. The number of nitrogens with one attached hydrogen (secondary N) is 2. The second kappa shape index (κ2) is 6.13. The molecule has 4 nitrogen and oxygen atoms in total. The minimum atomic E-state index is 0.0968. The van der Waals surface area contributed by atoms with Crippen molar-refractivity contribution in [2.75, 3.05) is 11.1 Å². The molecule has 0 radical (unpaired) electrons. The number of carbonyl (C=O) groups excluding carboxylic acids is 1. The Kier molecular flexibility index (Phi) is 4.06. The lowest BCUT2D eigenvalue weighted by Crippen LogP contribution is -2.27. The largest absolute Gasteiger partial charge is 0.325 e. The summed E-state index contributed by atoms with van der Waals surface area (Å²) in [6.07, 6.45) is 5.08. The number of amides is 1. The third-order valence-electron chi connectivity index (χ3n) is 3.41. The maximum absolute atomic E-state index is 12.2. The Morgan fingerprint density at radius 2 is 2.30 bits per heavy atom. The zero-order chi connectivity index (χ0) is 13.8. The molecule has 1 aromatic heterocycles. The summed E-state index contributed by atoms with van der Waals surface area (Å²) in [6.45, 7) is 0. The molecule has 1 aromatic carbocycles. The SMILES string of the molecule is O=C(Nc1cccc(-c2ccn[nH]2)c1)C1CCCCS1. The average molecular weight is 287 g/mol. The van der Waals surface area contributed by atoms with Gasteiger partial charge < -0.3 is 5.32 Å². The topological polar surface area (TPSA) is 57.8 Å². The van der Waals surface area contributed by atoms with Crippen LogP contribution in [0.25, 0.3) is 11.3 Å². The van der Waals surface area contributed by atoms with Crippen LogP contribution in [0.15, 0.2) is 36.5 Å². The molecule has 1 amide bonds. The van der Waals surface area contributed by atoms with Gasteiger partial charge in [-0.05, 0) is 36.8 Å². The first kappa shape index (κ1) is 13.2. The summed E-state index contributed by atoms with van der Waals surface area (Å²) in [6, 6.07) is 9.75. The summed E-state index contributed by atoms with van der Waals surface area (Å²) < 4.78 is 0. The van der Waals surface area contributed by atoms with E-state index < -0.39 is 0 Å². The van der Waals surface area contributed by atoms with Crippen LogP contribution in [0.2, 0.25) is 0 Å². The lowest BCUT2D eigenvalue weighted by Gasteiger charge is -2.20. The van der Waals surface area contributed by atoms with Gasteiger partial charge in [-0.15, -0.1) is 11.8 Å². The molecule has 0 spiro atoms. The fraction of sp³-hybridized carbons (Fsp3) is 0.333. The van der Waals surface area contributed by atoms with Crippen LogP contribution >= 0.6 is 11.8 Å². The minimum absolute atomic E-state index is 0.0968. The molecule has 2 heterocycles. The Bertz CT molecular complexity index is 577. The summed E-state index contributed by atoms with van der Waals surface area (Å²) in [5.74, 6) is 1.21. The monoisotopic (exact) mass is 287 g/mol. The number of hydrogen-bond acceptors (Lipinski definition) is 3. The molecule has 0 aliphatic carbocycles. The number of aromatic amines is 1. The second-order valence-corrected chi connectivity index (χ2v) is 6.21. The number of hydrogen-bond donors (Lipinski definition) is 2. The summed E-state index contributed by atoms with van der Waals surface area (Å²) in [4.78, 5) is 12.2. The van der Waals surface area contributed by atoms with Crippen LogP contribution in [0.4, 0.5) is 5.69 Å². The summed E-state index contributed by atoms with van der Waals surface area (Å²) in [7, 11) is 0. The van der Waals surface area contributed by atoms with Gasteiger partial charge in [0.25, 0.3) is 0 Å². The molecule has 104 valence electrons. The molecule has 5 heteroatoms. The highest BCUT2D eigenvalue weighted by Crippen LogP contribution is 2.27. The van der Waals surface area contributed by atoms with Crippen LogP contribution in [-0.4, -0.2) is 27.1 Å². The van der Waals surface area contributed by atoms with Crippen LogP contribution in [0.5, 0.6) is 0 Å². The van der Waals surface area contributed by atoms with Crippen molar-refractivity contribution < 1.29 is 4.79 Å². The van der Waals surface area contributed by atoms with Crippen molar-refractivity contribution in [2.45, 2.75) is 24.5 Å². The second-order valence-electron chi connectivity index (χ2n) is 4.90. The van der Waals surface area contributed by atoms with Crippen molar-refractivity contribution in [3.05, 3.63) is 36.5 Å². The lowest BCUT2D eigenvalue weighted by molar-refractivity contribution is -0.115. The number of aromatic nitrogens is 2. The van der Waals surface area contributed by atoms with Gasteiger partial charge >= 0.3 is 0 Å². The first-order valence-corrected chi connectivity index (χ1v) is 7.90. The molecule has 20 heavy (non-hydrogen) atoms. The fourth-order valence-corrected chi connectivity index (χ4v) is 3.55. The van der Waals surface area contributed by atoms with E-state index in [9.17, 15) is 4.79 Å². The molecular formula is C15H17N3OS. The highest BCUT2D eigenvalue weighted by Gasteiger charge is 2.21. The number of rotatable bonds is 3. The van der Waals surface area contributed by atoms with E-state index in [1.807, 2.05) is 30.3 Å². The molecule has 3 rings (SSSR count). The Balaban J connectivity index is 1.71. The minimum Gasteiger partial charge on any atom is -0.325 e. The number of nitrogens with zero attached hydrogens (tertiary/aromatic N) is 1. The Morgan fingerprint density at radius 1 is 1.35 bits per heavy atom. The van der Waals surface area contributed by atoms with Gasteiger partial charge in [0, 0.05) is 17.4 Å². The fourth-order valence-electron chi connectivity index (χ4n) is 2.35. The normalized spacial score (nSPS) is 18.7. The van der Waals surface area contributed by atoms with Gasteiger partial charge in [-0.2, -0.15) is 5.10 Å². The maximum atomic E-state index is 12.2. The molecule has 2 aromatic rings. The zero-order valence-electron chi connectivity index (χ0n) is 11.1. The molecule has 1 fully saturated rings. The standard InChI is InChI=1S/C15H17N3OS/c19-15(14-6-1-2-9-20-14)17-12-5-3-4-11(10-12)13-7-8-16-18-13/h3-5,7-8,10,14H,1-2,6,9H2,(H,16,18)(H,17,19). The van der Waals surface area contributed by atoms with Gasteiger partial charge in [-0.1, -0.05) is 18.6 Å². The molecule has 1 saturated heterocycles. The van der Waals surface area contributed by atoms with E-state index in [0.717, 1.165) is 35.5 Å². The Labute approximate surface area is 122 Å². The van der Waals surface area contributed by atoms with Crippen molar-refractivity contribution >= 4 is 23.4 Å². The molecule has 0 saturated carbocycles. The summed E-state index contributed by atoms with van der Waals surface area (Å²) in [5, 5.41) is 9.99. The Hall–Kier alpha value is -1.75. The molecule has 0 bridgehead atoms. The predicted molar refractivity (Wildman–Crippen MR) is 82.8 cm³/mol. The van der Waals surface area contributed by atoms with E-state index in [4.69, 9.17) is 0 Å². The van der Waals surface area contributed by atoms with Gasteiger partial charge in [0.2, 0.25) is 5.91 Å². The van der Waals surface area contributed by atoms with Crippen LogP contribution in [0.3, 0.4) is 0 Å². The highest BCUT2D eigenvalue weighted by molar-refractivity contribution is 8.00. The molecule has 1 aliphatic rings. The maximum Gasteiger partial charge on any atom is 0.237 e. The lowest BCUT2D eigenvalue weighted by atomic mass is 10.1. The van der Waals surface area contributed by atoms with Gasteiger partial charge in [0.1, 0.15) is 0 Å². The number of anilines is 1. The summed E-state index contributed by atoms with van der Waals surface area (Å²) >= 11 is 1.76. The van der Waals surface area contributed by atoms with Crippen molar-refractivity contribution in [3.63, 3.8) is 0 Å². The molecule has 1 aliphatic heterocycles. The molecule has 2 N–H and O–H groups in total. The van der Waals surface area contributed by atoms with Crippen molar-refractivity contribution in [2.24, 2.45) is 0 Å². The number of carbonyl (C=O) groups is 1. The third-order valence-corrected chi connectivity index (χ3v) is 4.79. The number of thioether (sulfide) groups is 1. The van der Waals surface area contributed by atoms with Crippen molar-refractivity contribution in [3.8, 4) is 11.3 Å². The van der Waals surface area contributed by atoms with Crippen LogP contribution in [0.1, 0.15) is 19.3 Å². The average Bonchev–Trinajstić information content (AvgIpc) is 3.03. The van der Waals surface area contributed by atoms with Crippen molar-refractivity contribution in [1.82, 2.24) is 10.2 Å². The smallest absolute Gasteiger partial charge is 0.237 e. The first-order valence-electron chi connectivity index (χ1n) is 6.85. The number of benzene rings is 1. The van der Waals surface area contributed by atoms with E-state index in [1.54, 1.807) is 18.0 Å². The van der Waals surface area contributed by atoms with Gasteiger partial charge in [0.05, 0.1) is 10.9 Å².